The predicted octanol–water partition coefficient (Wildman–Crippen LogP) is 0.658. The molecule has 1 unspecified atom stereocenters. The van der Waals surface area contributed by atoms with Crippen molar-refractivity contribution in [2.45, 2.75) is 32.1 Å². The number of hydrogen-bond donors (Lipinski definition) is 2. The number of nitrogens with one attached hydrogen (secondary N) is 1. The quantitative estimate of drug-likeness (QED) is 0.612. The van der Waals surface area contributed by atoms with Gasteiger partial charge in [0.25, 0.3) is 0 Å². The number of amides is 1. The summed E-state index contributed by atoms with van der Waals surface area (Å²) in [6.07, 6.45) is 4.73. The van der Waals surface area contributed by atoms with Crippen LogP contribution < -0.4 is 11.1 Å². The second-order valence-corrected chi connectivity index (χ2v) is 4.13. The lowest BCUT2D eigenvalue weighted by molar-refractivity contribution is -0.121. The molecule has 0 aromatic carbocycles. The molecule has 0 aliphatic carbocycles. The average molecular weight is 214 g/mol. The van der Waals surface area contributed by atoms with Crippen molar-refractivity contribution >= 4 is 5.91 Å². The summed E-state index contributed by atoms with van der Waals surface area (Å²) in [4.78, 5) is 11.4. The Bertz CT molecular complexity index is 179. The summed E-state index contributed by atoms with van der Waals surface area (Å²) in [6, 6.07) is 0. The van der Waals surface area contributed by atoms with Gasteiger partial charge in [0.2, 0.25) is 5.91 Å². The molecule has 1 aliphatic heterocycles. The molecule has 1 aliphatic rings. The molecule has 4 heteroatoms. The van der Waals surface area contributed by atoms with Gasteiger partial charge in [0.15, 0.2) is 0 Å². The van der Waals surface area contributed by atoms with Crippen molar-refractivity contribution in [3.8, 4) is 0 Å². The van der Waals surface area contributed by atoms with Gasteiger partial charge in [-0.25, -0.2) is 0 Å². The number of rotatable bonds is 7. The molecule has 0 aromatic heterocycles. The first-order valence-corrected chi connectivity index (χ1v) is 5.87. The molecule has 1 fully saturated rings. The van der Waals surface area contributed by atoms with Crippen molar-refractivity contribution in [1.29, 1.82) is 0 Å². The Morgan fingerprint density at radius 3 is 2.93 bits per heavy atom. The lowest BCUT2D eigenvalue weighted by Crippen LogP contribution is -2.29. The van der Waals surface area contributed by atoms with E-state index in [1.807, 2.05) is 0 Å². The Labute approximate surface area is 91.5 Å². The van der Waals surface area contributed by atoms with E-state index in [9.17, 15) is 4.79 Å². The summed E-state index contributed by atoms with van der Waals surface area (Å²) in [6.45, 7) is 3.14. The summed E-state index contributed by atoms with van der Waals surface area (Å²) in [5.74, 6) is 0.692. The van der Waals surface area contributed by atoms with Gasteiger partial charge in [-0.2, -0.15) is 0 Å². The lowest BCUT2D eigenvalue weighted by atomic mass is 10.1. The van der Waals surface area contributed by atoms with Crippen LogP contribution >= 0.6 is 0 Å². The standard InChI is InChI=1S/C11H22N2O2/c12-6-3-1-2-4-11(14)13-8-10-5-7-15-9-10/h10H,1-9,12H2,(H,13,14). The molecule has 15 heavy (non-hydrogen) atoms. The first kappa shape index (κ1) is 12.5. The van der Waals surface area contributed by atoms with Crippen LogP contribution in [-0.2, 0) is 9.53 Å². The number of carbonyl (C=O) groups is 1. The molecular weight excluding hydrogens is 192 g/mol. The van der Waals surface area contributed by atoms with Gasteiger partial charge in [0.1, 0.15) is 0 Å². The molecule has 0 bridgehead atoms. The van der Waals surface area contributed by atoms with Crippen LogP contribution in [0.2, 0.25) is 0 Å². The summed E-state index contributed by atoms with van der Waals surface area (Å²) in [5.41, 5.74) is 5.37. The van der Waals surface area contributed by atoms with Crippen molar-refractivity contribution < 1.29 is 9.53 Å². The molecule has 0 spiro atoms. The molecule has 1 heterocycles. The van der Waals surface area contributed by atoms with Crippen LogP contribution in [0.15, 0.2) is 0 Å². The van der Waals surface area contributed by atoms with Crippen molar-refractivity contribution in [2.24, 2.45) is 11.7 Å². The van der Waals surface area contributed by atoms with Crippen molar-refractivity contribution in [3.05, 3.63) is 0 Å². The minimum Gasteiger partial charge on any atom is -0.381 e. The zero-order chi connectivity index (χ0) is 10.9. The maximum absolute atomic E-state index is 11.4. The van der Waals surface area contributed by atoms with E-state index in [0.717, 1.165) is 52.0 Å². The van der Waals surface area contributed by atoms with E-state index in [4.69, 9.17) is 10.5 Å². The molecule has 0 saturated carbocycles. The Morgan fingerprint density at radius 1 is 1.40 bits per heavy atom. The number of carbonyl (C=O) groups excluding carboxylic acids is 1. The monoisotopic (exact) mass is 214 g/mol. The van der Waals surface area contributed by atoms with Gasteiger partial charge in [0, 0.05) is 25.5 Å². The van der Waals surface area contributed by atoms with Gasteiger partial charge in [-0.1, -0.05) is 6.42 Å². The van der Waals surface area contributed by atoms with E-state index in [1.54, 1.807) is 0 Å². The van der Waals surface area contributed by atoms with Gasteiger partial charge in [-0.05, 0) is 25.8 Å². The Balaban J connectivity index is 1.93. The fraction of sp³-hybridized carbons (Fsp3) is 0.909. The van der Waals surface area contributed by atoms with Gasteiger partial charge < -0.3 is 15.8 Å². The number of unbranched alkanes of at least 4 members (excludes halogenated alkanes) is 2. The highest BCUT2D eigenvalue weighted by Gasteiger charge is 2.15. The third kappa shape index (κ3) is 5.74. The van der Waals surface area contributed by atoms with Crippen LogP contribution in [0.4, 0.5) is 0 Å². The lowest BCUT2D eigenvalue weighted by Gasteiger charge is -2.09. The van der Waals surface area contributed by atoms with E-state index >= 15 is 0 Å². The maximum atomic E-state index is 11.4. The third-order valence-corrected chi connectivity index (χ3v) is 2.72. The molecule has 0 radical (unpaired) electrons. The average Bonchev–Trinajstić information content (AvgIpc) is 2.74. The van der Waals surface area contributed by atoms with Crippen LogP contribution in [0.1, 0.15) is 32.1 Å². The normalized spacial score (nSPS) is 20.5. The van der Waals surface area contributed by atoms with Crippen LogP contribution in [0.3, 0.4) is 0 Å². The summed E-state index contributed by atoms with van der Waals surface area (Å²) in [7, 11) is 0. The van der Waals surface area contributed by atoms with Crippen LogP contribution in [-0.4, -0.2) is 32.2 Å². The minimum absolute atomic E-state index is 0.166. The molecule has 1 rings (SSSR count). The summed E-state index contributed by atoms with van der Waals surface area (Å²) >= 11 is 0. The Kier molecular flexibility index (Phi) is 6.36. The van der Waals surface area contributed by atoms with Gasteiger partial charge in [-0.15, -0.1) is 0 Å². The number of hydrogen-bond acceptors (Lipinski definition) is 3. The van der Waals surface area contributed by atoms with Crippen molar-refractivity contribution in [2.75, 3.05) is 26.3 Å². The van der Waals surface area contributed by atoms with E-state index in [0.29, 0.717) is 12.3 Å². The van der Waals surface area contributed by atoms with Crippen LogP contribution in [0.5, 0.6) is 0 Å². The van der Waals surface area contributed by atoms with E-state index in [1.165, 1.54) is 0 Å². The molecule has 4 nitrogen and oxygen atoms in total. The second-order valence-electron chi connectivity index (χ2n) is 4.13. The fourth-order valence-electron chi connectivity index (χ4n) is 1.70. The second kappa shape index (κ2) is 7.65. The molecular formula is C11H22N2O2. The first-order valence-electron chi connectivity index (χ1n) is 5.87. The predicted molar refractivity (Wildman–Crippen MR) is 59.5 cm³/mol. The Hall–Kier alpha value is -0.610. The third-order valence-electron chi connectivity index (χ3n) is 2.72. The maximum Gasteiger partial charge on any atom is 0.220 e. The molecule has 3 N–H and O–H groups in total. The van der Waals surface area contributed by atoms with Crippen molar-refractivity contribution in [1.82, 2.24) is 5.32 Å². The van der Waals surface area contributed by atoms with E-state index in [-0.39, 0.29) is 5.91 Å². The summed E-state index contributed by atoms with van der Waals surface area (Å²) < 4.78 is 5.24. The highest BCUT2D eigenvalue weighted by atomic mass is 16.5. The zero-order valence-corrected chi connectivity index (χ0v) is 9.34. The molecule has 1 atom stereocenters. The summed E-state index contributed by atoms with van der Waals surface area (Å²) in [5, 5.41) is 2.95. The largest absolute Gasteiger partial charge is 0.381 e. The fourth-order valence-corrected chi connectivity index (χ4v) is 1.70. The SMILES string of the molecule is NCCCCCC(=O)NCC1CCOC1. The zero-order valence-electron chi connectivity index (χ0n) is 9.34. The van der Waals surface area contributed by atoms with Gasteiger partial charge in [-0.3, -0.25) is 4.79 Å². The van der Waals surface area contributed by atoms with Gasteiger partial charge in [0.05, 0.1) is 6.61 Å². The van der Waals surface area contributed by atoms with E-state index < -0.39 is 0 Å². The first-order chi connectivity index (χ1) is 7.33. The smallest absolute Gasteiger partial charge is 0.220 e. The number of ether oxygens (including phenoxy) is 1. The van der Waals surface area contributed by atoms with Crippen LogP contribution in [0, 0.1) is 5.92 Å². The molecule has 88 valence electrons. The topological polar surface area (TPSA) is 64.4 Å². The van der Waals surface area contributed by atoms with E-state index in [2.05, 4.69) is 5.32 Å². The highest BCUT2D eigenvalue weighted by molar-refractivity contribution is 5.75. The molecule has 1 saturated heterocycles. The highest BCUT2D eigenvalue weighted by Crippen LogP contribution is 2.10. The molecule has 0 aromatic rings. The minimum atomic E-state index is 0.166. The Morgan fingerprint density at radius 2 is 2.27 bits per heavy atom. The van der Waals surface area contributed by atoms with Crippen molar-refractivity contribution in [3.63, 3.8) is 0 Å². The number of nitrogens with two attached hydrogens (primary N) is 1. The van der Waals surface area contributed by atoms with Gasteiger partial charge >= 0.3 is 0 Å². The molecule has 1 amide bonds. The van der Waals surface area contributed by atoms with Crippen LogP contribution in [0.25, 0.3) is 0 Å².